The summed E-state index contributed by atoms with van der Waals surface area (Å²) in [6.45, 7) is 4.12. The Labute approximate surface area is 198 Å². The Bertz CT molecular complexity index is 1030. The first kappa shape index (κ1) is 26.9. The number of aliphatic carboxylic acids is 1. The maximum atomic E-state index is 14.5. The first-order valence-corrected chi connectivity index (χ1v) is 10.9. The van der Waals surface area contributed by atoms with Gasteiger partial charge in [0, 0.05) is 10.6 Å². The van der Waals surface area contributed by atoms with Crippen LogP contribution < -0.4 is 5.32 Å². The third kappa shape index (κ3) is 6.38. The number of halogens is 6. The van der Waals surface area contributed by atoms with Gasteiger partial charge in [0.2, 0.25) is 5.91 Å². The lowest BCUT2D eigenvalue weighted by molar-refractivity contribution is -0.178. The van der Waals surface area contributed by atoms with Gasteiger partial charge in [0.1, 0.15) is 5.82 Å². The van der Waals surface area contributed by atoms with E-state index in [0.717, 1.165) is 19.1 Å². The molecule has 0 aromatic heterocycles. The average Bonchev–Trinajstić information content (AvgIpc) is 2.71. The highest BCUT2D eigenvalue weighted by Crippen LogP contribution is 2.40. The van der Waals surface area contributed by atoms with Gasteiger partial charge in [-0.2, -0.15) is 13.2 Å². The molecule has 0 spiro atoms. The van der Waals surface area contributed by atoms with Crippen molar-refractivity contribution in [2.24, 2.45) is 11.8 Å². The molecule has 2 aromatic carbocycles. The van der Waals surface area contributed by atoms with E-state index < -0.39 is 53.1 Å². The van der Waals surface area contributed by atoms with Crippen molar-refractivity contribution in [1.29, 1.82) is 0 Å². The Balaban J connectivity index is 2.48. The lowest BCUT2D eigenvalue weighted by atomic mass is 9.84. The summed E-state index contributed by atoms with van der Waals surface area (Å²) in [5, 5.41) is 11.7. The van der Waals surface area contributed by atoms with Crippen LogP contribution in [0.25, 0.3) is 0 Å². The topological polar surface area (TPSA) is 66.4 Å². The van der Waals surface area contributed by atoms with E-state index in [4.69, 9.17) is 23.2 Å². The standard InChI is InChI=1S/C23H23Cl2F4NO3/c1-4-15(11(2)22(32)33)13-5-8-17(25)19(9-13)30-21(31)20(12(3)23(27,28)29)16-7-6-14(24)10-18(16)26/h5-12,15,20H,4H2,1-3H3,(H,30,31)(H,32,33)/t11-,12+,15?,20-/m0/s1. The predicted octanol–water partition coefficient (Wildman–Crippen LogP) is 7.27. The van der Waals surface area contributed by atoms with Crippen molar-refractivity contribution in [1.82, 2.24) is 0 Å². The second-order valence-electron chi connectivity index (χ2n) is 7.84. The zero-order valence-corrected chi connectivity index (χ0v) is 19.5. The van der Waals surface area contributed by atoms with Crippen molar-refractivity contribution in [3.05, 3.63) is 63.4 Å². The number of benzene rings is 2. The summed E-state index contributed by atoms with van der Waals surface area (Å²) in [6.07, 6.45) is -4.32. The number of carboxylic acids is 1. The fraction of sp³-hybridized carbons (Fsp3) is 0.391. The molecule has 0 fully saturated rings. The largest absolute Gasteiger partial charge is 0.481 e. The van der Waals surface area contributed by atoms with Crippen LogP contribution >= 0.6 is 23.2 Å². The van der Waals surface area contributed by atoms with Gasteiger partial charge in [-0.3, -0.25) is 9.59 Å². The summed E-state index contributed by atoms with van der Waals surface area (Å²) in [6, 6.07) is 7.55. The van der Waals surface area contributed by atoms with Crippen molar-refractivity contribution in [3.63, 3.8) is 0 Å². The number of carbonyl (C=O) groups is 2. The molecule has 1 amide bonds. The second kappa shape index (κ2) is 10.7. The van der Waals surface area contributed by atoms with Gasteiger partial charge >= 0.3 is 12.1 Å². The van der Waals surface area contributed by atoms with Crippen LogP contribution in [0.5, 0.6) is 0 Å². The predicted molar refractivity (Wildman–Crippen MR) is 119 cm³/mol. The Morgan fingerprint density at radius 3 is 2.24 bits per heavy atom. The molecule has 180 valence electrons. The van der Waals surface area contributed by atoms with E-state index in [1.165, 1.54) is 25.1 Å². The normalized spacial score (nSPS) is 15.4. The Hall–Kier alpha value is -2.32. The Morgan fingerprint density at radius 2 is 1.73 bits per heavy atom. The molecule has 0 saturated heterocycles. The molecule has 0 radical (unpaired) electrons. The van der Waals surface area contributed by atoms with Gasteiger partial charge in [0.15, 0.2) is 0 Å². The maximum Gasteiger partial charge on any atom is 0.392 e. The molecule has 10 heteroatoms. The maximum absolute atomic E-state index is 14.5. The first-order valence-electron chi connectivity index (χ1n) is 10.1. The number of anilines is 1. The minimum Gasteiger partial charge on any atom is -0.481 e. The molecule has 2 rings (SSSR count). The van der Waals surface area contributed by atoms with Crippen LogP contribution in [-0.4, -0.2) is 23.2 Å². The number of carbonyl (C=O) groups excluding carboxylic acids is 1. The highest BCUT2D eigenvalue weighted by Gasteiger charge is 2.46. The van der Waals surface area contributed by atoms with Gasteiger partial charge in [0.05, 0.1) is 28.5 Å². The van der Waals surface area contributed by atoms with E-state index in [1.54, 1.807) is 13.0 Å². The van der Waals surface area contributed by atoms with Crippen LogP contribution in [0, 0.1) is 17.7 Å². The first-order chi connectivity index (χ1) is 15.3. The van der Waals surface area contributed by atoms with E-state index in [9.17, 15) is 32.3 Å². The van der Waals surface area contributed by atoms with Crippen LogP contribution in [0.3, 0.4) is 0 Å². The molecule has 2 N–H and O–H groups in total. The second-order valence-corrected chi connectivity index (χ2v) is 8.69. The molecule has 33 heavy (non-hydrogen) atoms. The summed E-state index contributed by atoms with van der Waals surface area (Å²) in [7, 11) is 0. The smallest absolute Gasteiger partial charge is 0.392 e. The van der Waals surface area contributed by atoms with Gasteiger partial charge in [-0.1, -0.05) is 56.1 Å². The Morgan fingerprint density at radius 1 is 1.09 bits per heavy atom. The molecule has 0 aliphatic heterocycles. The van der Waals surface area contributed by atoms with E-state index >= 15 is 0 Å². The highest BCUT2D eigenvalue weighted by molar-refractivity contribution is 6.33. The fourth-order valence-electron chi connectivity index (χ4n) is 3.71. The zero-order chi connectivity index (χ0) is 25.1. The van der Waals surface area contributed by atoms with Gasteiger partial charge in [-0.25, -0.2) is 4.39 Å². The van der Waals surface area contributed by atoms with Crippen molar-refractivity contribution < 1.29 is 32.3 Å². The van der Waals surface area contributed by atoms with Gasteiger partial charge in [-0.15, -0.1) is 0 Å². The summed E-state index contributed by atoms with van der Waals surface area (Å²) in [5.41, 5.74) is 0.0917. The summed E-state index contributed by atoms with van der Waals surface area (Å²) in [4.78, 5) is 24.4. The summed E-state index contributed by atoms with van der Waals surface area (Å²) < 4.78 is 55.1. The fourth-order valence-corrected chi connectivity index (χ4v) is 4.03. The van der Waals surface area contributed by atoms with Gasteiger partial charge in [0.25, 0.3) is 0 Å². The van der Waals surface area contributed by atoms with Gasteiger partial charge < -0.3 is 10.4 Å². The molecule has 2 aromatic rings. The van der Waals surface area contributed by atoms with E-state index in [1.807, 2.05) is 0 Å². The number of amides is 1. The zero-order valence-electron chi connectivity index (χ0n) is 18.0. The minimum absolute atomic E-state index is 0.00366. The molecule has 4 atom stereocenters. The molecular formula is C23H23Cl2F4NO3. The molecule has 1 unspecified atom stereocenters. The SMILES string of the molecule is CCC(c1ccc(Cl)c(NC(=O)[C@H](c2ccc(Cl)cc2F)[C@@H](C)C(F)(F)F)c1)[C@H](C)C(=O)O. The van der Waals surface area contributed by atoms with Crippen LogP contribution in [0.4, 0.5) is 23.2 Å². The molecule has 0 aliphatic rings. The molecule has 0 bridgehead atoms. The monoisotopic (exact) mass is 507 g/mol. The molecule has 4 nitrogen and oxygen atoms in total. The molecule has 0 aliphatic carbocycles. The third-order valence-corrected chi connectivity index (χ3v) is 6.27. The van der Waals surface area contributed by atoms with Crippen LogP contribution in [0.1, 0.15) is 50.2 Å². The number of nitrogens with one attached hydrogen (secondary N) is 1. The van der Waals surface area contributed by atoms with Crippen LogP contribution in [0.15, 0.2) is 36.4 Å². The minimum atomic E-state index is -4.79. The third-order valence-electron chi connectivity index (χ3n) is 5.71. The number of hydrogen-bond acceptors (Lipinski definition) is 2. The highest BCUT2D eigenvalue weighted by atomic mass is 35.5. The number of hydrogen-bond donors (Lipinski definition) is 2. The molecule has 0 saturated carbocycles. The molecule has 0 heterocycles. The molecular weight excluding hydrogens is 485 g/mol. The lowest BCUT2D eigenvalue weighted by Crippen LogP contribution is -2.35. The Kier molecular flexibility index (Phi) is 8.76. The van der Waals surface area contributed by atoms with Crippen molar-refractivity contribution in [2.45, 2.75) is 45.2 Å². The van der Waals surface area contributed by atoms with Crippen molar-refractivity contribution >= 4 is 40.8 Å². The lowest BCUT2D eigenvalue weighted by Gasteiger charge is -2.27. The van der Waals surface area contributed by atoms with Crippen LogP contribution in [-0.2, 0) is 9.59 Å². The number of carboxylic acid groups (broad SMARTS) is 1. The van der Waals surface area contributed by atoms with Crippen LogP contribution in [0.2, 0.25) is 10.0 Å². The summed E-state index contributed by atoms with van der Waals surface area (Å²) in [5.74, 6) is -8.47. The number of rotatable bonds is 8. The van der Waals surface area contributed by atoms with E-state index in [2.05, 4.69) is 5.32 Å². The van der Waals surface area contributed by atoms with Crippen molar-refractivity contribution in [2.75, 3.05) is 5.32 Å². The number of alkyl halides is 3. The average molecular weight is 508 g/mol. The van der Waals surface area contributed by atoms with Gasteiger partial charge in [-0.05, 0) is 42.2 Å². The van der Waals surface area contributed by atoms with E-state index in [0.29, 0.717) is 12.0 Å². The van der Waals surface area contributed by atoms with Crippen molar-refractivity contribution in [3.8, 4) is 0 Å². The summed E-state index contributed by atoms with van der Waals surface area (Å²) >= 11 is 11.9. The van der Waals surface area contributed by atoms with E-state index in [-0.39, 0.29) is 15.7 Å². The quantitative estimate of drug-likeness (QED) is 0.369.